The Morgan fingerprint density at radius 2 is 2.39 bits per heavy atom. The Balaban J connectivity index is 1.69. The van der Waals surface area contributed by atoms with Gasteiger partial charge in [0, 0.05) is 11.4 Å². The molecule has 0 aliphatic heterocycles. The number of anilines is 1. The molecule has 0 amide bonds. The van der Waals surface area contributed by atoms with Gasteiger partial charge in [0.25, 0.3) is 0 Å². The van der Waals surface area contributed by atoms with Crippen LogP contribution in [0.3, 0.4) is 0 Å². The monoisotopic (exact) mass is 266 g/mol. The van der Waals surface area contributed by atoms with Gasteiger partial charge in [-0.1, -0.05) is 6.92 Å². The lowest BCUT2D eigenvalue weighted by atomic mass is 10.0. The van der Waals surface area contributed by atoms with Gasteiger partial charge in [-0.2, -0.15) is 0 Å². The summed E-state index contributed by atoms with van der Waals surface area (Å²) in [5, 5.41) is 13.4. The zero-order valence-corrected chi connectivity index (χ0v) is 11.3. The number of carboxylic acids is 1. The number of aryl methyl sites for hydroxylation is 1. The molecule has 1 aromatic heterocycles. The predicted molar refractivity (Wildman–Crippen MR) is 71.3 cm³/mol. The molecule has 2 aliphatic carbocycles. The van der Waals surface area contributed by atoms with Crippen molar-refractivity contribution in [2.75, 3.05) is 11.9 Å². The van der Waals surface area contributed by atoms with Crippen molar-refractivity contribution in [1.82, 2.24) is 4.98 Å². The first-order chi connectivity index (χ1) is 8.63. The number of nitrogens with zero attached hydrogens (tertiary/aromatic N) is 1. The van der Waals surface area contributed by atoms with Crippen molar-refractivity contribution >= 4 is 22.4 Å². The van der Waals surface area contributed by atoms with Gasteiger partial charge >= 0.3 is 5.97 Å². The van der Waals surface area contributed by atoms with Crippen LogP contribution in [0.1, 0.15) is 49.1 Å². The average Bonchev–Trinajstić information content (AvgIpc) is 2.84. The summed E-state index contributed by atoms with van der Waals surface area (Å²) in [6.07, 6.45) is 5.40. The van der Waals surface area contributed by atoms with Gasteiger partial charge in [-0.15, -0.1) is 11.3 Å². The Labute approximate surface area is 110 Å². The number of hydrogen-bond acceptors (Lipinski definition) is 4. The molecule has 1 saturated carbocycles. The Hall–Kier alpha value is -1.10. The predicted octanol–water partition coefficient (Wildman–Crippen LogP) is 2.86. The summed E-state index contributed by atoms with van der Waals surface area (Å²) in [6.45, 7) is 3.21. The highest BCUT2D eigenvalue weighted by Crippen LogP contribution is 2.49. The molecule has 1 atom stereocenters. The number of fused-ring (bicyclic) bond motifs is 1. The average molecular weight is 266 g/mol. The van der Waals surface area contributed by atoms with Gasteiger partial charge in [-0.05, 0) is 37.5 Å². The highest BCUT2D eigenvalue weighted by Gasteiger charge is 2.40. The van der Waals surface area contributed by atoms with Crippen LogP contribution in [0, 0.1) is 5.41 Å². The molecule has 3 rings (SSSR count). The largest absolute Gasteiger partial charge is 0.481 e. The maximum atomic E-state index is 11.1. The van der Waals surface area contributed by atoms with E-state index in [1.165, 1.54) is 19.3 Å². The van der Waals surface area contributed by atoms with E-state index in [0.29, 0.717) is 11.8 Å². The van der Waals surface area contributed by atoms with Crippen LogP contribution in [0.2, 0.25) is 0 Å². The summed E-state index contributed by atoms with van der Waals surface area (Å²) >= 11 is 1.64. The van der Waals surface area contributed by atoms with Gasteiger partial charge in [0.05, 0.1) is 5.69 Å². The zero-order valence-electron chi connectivity index (χ0n) is 10.5. The van der Waals surface area contributed by atoms with E-state index in [1.807, 2.05) is 0 Å². The second-order valence-electron chi connectivity index (χ2n) is 5.46. The quantitative estimate of drug-likeness (QED) is 0.860. The third-order valence-electron chi connectivity index (χ3n) is 4.34. The van der Waals surface area contributed by atoms with Gasteiger partial charge in [-0.3, -0.25) is 4.79 Å². The number of aromatic nitrogens is 1. The Morgan fingerprint density at radius 1 is 1.61 bits per heavy atom. The fourth-order valence-corrected chi connectivity index (χ4v) is 3.67. The van der Waals surface area contributed by atoms with E-state index in [2.05, 4.69) is 17.2 Å². The molecule has 0 bridgehead atoms. The molecule has 18 heavy (non-hydrogen) atoms. The molecular weight excluding hydrogens is 248 g/mol. The van der Waals surface area contributed by atoms with E-state index in [9.17, 15) is 4.79 Å². The van der Waals surface area contributed by atoms with Crippen molar-refractivity contribution in [2.45, 2.75) is 44.9 Å². The summed E-state index contributed by atoms with van der Waals surface area (Å²) in [5.41, 5.74) is 1.29. The van der Waals surface area contributed by atoms with Gasteiger partial charge in [0.2, 0.25) is 0 Å². The first-order valence-electron chi connectivity index (χ1n) is 6.60. The molecule has 0 radical (unpaired) electrons. The van der Waals surface area contributed by atoms with Gasteiger partial charge in [-0.25, -0.2) is 4.98 Å². The topological polar surface area (TPSA) is 62.2 Å². The molecule has 4 nitrogen and oxygen atoms in total. The summed E-state index contributed by atoms with van der Waals surface area (Å²) in [4.78, 5) is 16.7. The molecule has 5 heteroatoms. The van der Waals surface area contributed by atoms with Crippen molar-refractivity contribution in [1.29, 1.82) is 0 Å². The minimum Gasteiger partial charge on any atom is -0.481 e. The number of thiazole rings is 1. The number of carbonyl (C=O) groups is 1. The van der Waals surface area contributed by atoms with E-state index in [1.54, 1.807) is 11.3 Å². The van der Waals surface area contributed by atoms with Crippen LogP contribution in [0.25, 0.3) is 0 Å². The minimum atomic E-state index is -0.738. The number of aliphatic carboxylic acids is 1. The first kappa shape index (κ1) is 12.0. The Kier molecular flexibility index (Phi) is 2.81. The molecular formula is C13H18N2O2S. The molecule has 0 spiro atoms. The van der Waals surface area contributed by atoms with Gasteiger partial charge in [0.15, 0.2) is 5.13 Å². The summed E-state index contributed by atoms with van der Waals surface area (Å²) in [7, 11) is 0. The molecule has 2 aliphatic rings. The molecule has 1 heterocycles. The highest BCUT2D eigenvalue weighted by molar-refractivity contribution is 7.15. The van der Waals surface area contributed by atoms with E-state index in [-0.39, 0.29) is 5.92 Å². The molecule has 1 fully saturated rings. The standard InChI is InChI=1S/C13H18N2O2S/c1-2-13(5-6-13)7-14-12-15-10-8(11(16)17)3-4-9(10)18-12/h8H,2-7H2,1H3,(H,14,15)(H,16,17). The van der Waals surface area contributed by atoms with Crippen LogP contribution in [0.15, 0.2) is 0 Å². The van der Waals surface area contributed by atoms with Crippen molar-refractivity contribution in [3.63, 3.8) is 0 Å². The van der Waals surface area contributed by atoms with Gasteiger partial charge in [0.1, 0.15) is 5.92 Å². The molecule has 98 valence electrons. The second kappa shape index (κ2) is 4.23. The summed E-state index contributed by atoms with van der Waals surface area (Å²) in [5.74, 6) is -1.12. The number of hydrogen-bond donors (Lipinski definition) is 2. The lowest BCUT2D eigenvalue weighted by Gasteiger charge is -2.12. The lowest BCUT2D eigenvalue weighted by Crippen LogP contribution is -2.14. The van der Waals surface area contributed by atoms with Crippen LogP contribution in [0.4, 0.5) is 5.13 Å². The van der Waals surface area contributed by atoms with Crippen molar-refractivity contribution in [3.8, 4) is 0 Å². The Bertz CT molecular complexity index is 479. The summed E-state index contributed by atoms with van der Waals surface area (Å²) in [6, 6.07) is 0. The molecule has 0 aromatic carbocycles. The van der Waals surface area contributed by atoms with E-state index in [0.717, 1.165) is 28.7 Å². The second-order valence-corrected chi connectivity index (χ2v) is 6.55. The maximum Gasteiger partial charge on any atom is 0.312 e. The first-order valence-corrected chi connectivity index (χ1v) is 7.41. The van der Waals surface area contributed by atoms with Crippen LogP contribution < -0.4 is 5.32 Å². The van der Waals surface area contributed by atoms with Gasteiger partial charge < -0.3 is 10.4 Å². The zero-order chi connectivity index (χ0) is 12.8. The van der Waals surface area contributed by atoms with E-state index >= 15 is 0 Å². The molecule has 0 saturated heterocycles. The SMILES string of the molecule is CCC1(CNc2nc3c(s2)CCC3C(=O)O)CC1. The number of rotatable bonds is 5. The Morgan fingerprint density at radius 3 is 3.00 bits per heavy atom. The molecule has 1 aromatic rings. The fraction of sp³-hybridized carbons (Fsp3) is 0.692. The van der Waals surface area contributed by atoms with Crippen LogP contribution >= 0.6 is 11.3 Å². The van der Waals surface area contributed by atoms with Crippen LogP contribution in [0.5, 0.6) is 0 Å². The van der Waals surface area contributed by atoms with Crippen molar-refractivity contribution < 1.29 is 9.90 Å². The smallest absolute Gasteiger partial charge is 0.312 e. The third kappa shape index (κ3) is 2.00. The van der Waals surface area contributed by atoms with Crippen LogP contribution in [-0.2, 0) is 11.2 Å². The molecule has 2 N–H and O–H groups in total. The van der Waals surface area contributed by atoms with Crippen molar-refractivity contribution in [3.05, 3.63) is 10.6 Å². The maximum absolute atomic E-state index is 11.1. The summed E-state index contributed by atoms with van der Waals surface area (Å²) < 4.78 is 0. The van der Waals surface area contributed by atoms with Crippen LogP contribution in [-0.4, -0.2) is 22.6 Å². The van der Waals surface area contributed by atoms with E-state index < -0.39 is 5.97 Å². The number of nitrogens with one attached hydrogen (secondary N) is 1. The number of carboxylic acid groups (broad SMARTS) is 1. The third-order valence-corrected chi connectivity index (χ3v) is 5.43. The van der Waals surface area contributed by atoms with E-state index in [4.69, 9.17) is 5.11 Å². The minimum absolute atomic E-state index is 0.382. The molecule has 1 unspecified atom stereocenters. The van der Waals surface area contributed by atoms with Crippen molar-refractivity contribution in [2.24, 2.45) is 5.41 Å². The normalized spacial score (nSPS) is 23.7. The fourth-order valence-electron chi connectivity index (χ4n) is 2.64. The lowest BCUT2D eigenvalue weighted by molar-refractivity contribution is -0.138. The highest BCUT2D eigenvalue weighted by atomic mass is 32.1.